The van der Waals surface area contributed by atoms with Crippen LogP contribution in [0.3, 0.4) is 0 Å². The van der Waals surface area contributed by atoms with E-state index in [0.29, 0.717) is 24.1 Å². The van der Waals surface area contributed by atoms with Crippen molar-refractivity contribution in [2.75, 3.05) is 12.3 Å². The largest absolute Gasteiger partial charge is 0.381 e. The highest BCUT2D eigenvalue weighted by Gasteiger charge is 2.26. The zero-order valence-electron chi connectivity index (χ0n) is 13.1. The Balaban J connectivity index is 2.96. The molecule has 0 fully saturated rings. The van der Waals surface area contributed by atoms with E-state index in [4.69, 9.17) is 5.73 Å². The van der Waals surface area contributed by atoms with Gasteiger partial charge in [-0.05, 0) is 24.7 Å². The summed E-state index contributed by atoms with van der Waals surface area (Å²) in [6.07, 6.45) is 0. The molecule has 0 aliphatic carbocycles. The number of sulfonamides is 1. The molecule has 116 valence electrons. The molecular weight excluding hydrogens is 276 g/mol. The van der Waals surface area contributed by atoms with Gasteiger partial charge in [-0.15, -0.1) is 0 Å². The Bertz CT molecular complexity index is 553. The summed E-state index contributed by atoms with van der Waals surface area (Å²) in [5.41, 5.74) is 6.25. The lowest BCUT2D eigenvalue weighted by Gasteiger charge is -2.25. The van der Waals surface area contributed by atoms with E-state index >= 15 is 0 Å². The molecule has 1 aromatic heterocycles. The number of nitrogens with zero attached hydrogens (tertiary/aromatic N) is 2. The molecule has 0 spiro atoms. The number of hydrogen-bond acceptors (Lipinski definition) is 4. The average molecular weight is 302 g/mol. The molecule has 0 aliphatic heterocycles. The maximum Gasteiger partial charge on any atom is 0.246 e. The van der Waals surface area contributed by atoms with Gasteiger partial charge in [-0.2, -0.15) is 5.10 Å². The van der Waals surface area contributed by atoms with Gasteiger partial charge in [0.1, 0.15) is 4.90 Å². The molecule has 20 heavy (non-hydrogen) atoms. The van der Waals surface area contributed by atoms with Crippen LogP contribution in [0.2, 0.25) is 0 Å². The van der Waals surface area contributed by atoms with Crippen molar-refractivity contribution in [3.8, 4) is 0 Å². The minimum atomic E-state index is -3.62. The normalized spacial score (nSPS) is 12.8. The average Bonchev–Trinajstić information content (AvgIpc) is 2.52. The highest BCUT2D eigenvalue weighted by atomic mass is 32.2. The highest BCUT2D eigenvalue weighted by molar-refractivity contribution is 7.89. The van der Waals surface area contributed by atoms with Crippen LogP contribution in [0.15, 0.2) is 4.90 Å². The molecule has 1 aromatic rings. The van der Waals surface area contributed by atoms with Crippen molar-refractivity contribution < 1.29 is 8.42 Å². The molecule has 1 rings (SSSR count). The van der Waals surface area contributed by atoms with Crippen LogP contribution in [-0.2, 0) is 17.1 Å². The van der Waals surface area contributed by atoms with E-state index < -0.39 is 10.0 Å². The van der Waals surface area contributed by atoms with Crippen molar-refractivity contribution in [2.24, 2.45) is 24.8 Å². The molecule has 0 atom stereocenters. The summed E-state index contributed by atoms with van der Waals surface area (Å²) in [5, 5.41) is 3.95. The molecule has 0 amide bonds. The van der Waals surface area contributed by atoms with Gasteiger partial charge in [0, 0.05) is 13.6 Å². The van der Waals surface area contributed by atoms with Gasteiger partial charge in [0.25, 0.3) is 0 Å². The van der Waals surface area contributed by atoms with Crippen molar-refractivity contribution in [1.82, 2.24) is 14.5 Å². The summed E-state index contributed by atoms with van der Waals surface area (Å²) >= 11 is 0. The van der Waals surface area contributed by atoms with E-state index in [1.807, 2.05) is 0 Å². The van der Waals surface area contributed by atoms with Crippen LogP contribution in [0.5, 0.6) is 0 Å². The summed E-state index contributed by atoms with van der Waals surface area (Å²) in [4.78, 5) is 0.0891. The third-order valence-corrected chi connectivity index (χ3v) is 5.38. The zero-order valence-corrected chi connectivity index (χ0v) is 14.0. The van der Waals surface area contributed by atoms with Gasteiger partial charge in [0.05, 0.1) is 5.69 Å². The second-order valence-electron chi connectivity index (χ2n) is 5.93. The lowest BCUT2D eigenvalue weighted by molar-refractivity contribution is 0.289. The molecule has 0 saturated heterocycles. The van der Waals surface area contributed by atoms with Gasteiger partial charge in [-0.25, -0.2) is 13.1 Å². The van der Waals surface area contributed by atoms with Gasteiger partial charge >= 0.3 is 0 Å². The lowest BCUT2D eigenvalue weighted by Crippen LogP contribution is -2.34. The van der Waals surface area contributed by atoms with E-state index in [1.165, 1.54) is 4.68 Å². The van der Waals surface area contributed by atoms with E-state index in [1.54, 1.807) is 14.0 Å². The smallest absolute Gasteiger partial charge is 0.246 e. The first-order valence-corrected chi connectivity index (χ1v) is 8.35. The van der Waals surface area contributed by atoms with Gasteiger partial charge in [0.15, 0.2) is 5.82 Å². The summed E-state index contributed by atoms with van der Waals surface area (Å²) < 4.78 is 28.9. The van der Waals surface area contributed by atoms with Gasteiger partial charge in [-0.1, -0.05) is 27.7 Å². The Kier molecular flexibility index (Phi) is 5.21. The van der Waals surface area contributed by atoms with Crippen molar-refractivity contribution in [3.63, 3.8) is 0 Å². The predicted octanol–water partition coefficient (Wildman–Crippen LogP) is 1.52. The van der Waals surface area contributed by atoms with Crippen LogP contribution in [0.4, 0.5) is 5.82 Å². The number of anilines is 1. The van der Waals surface area contributed by atoms with E-state index in [0.717, 1.165) is 0 Å². The maximum absolute atomic E-state index is 12.4. The molecule has 6 nitrogen and oxygen atoms in total. The van der Waals surface area contributed by atoms with Crippen molar-refractivity contribution in [2.45, 2.75) is 39.5 Å². The minimum Gasteiger partial charge on any atom is -0.381 e. The molecule has 0 saturated carbocycles. The number of nitrogen functional groups attached to an aromatic ring is 1. The van der Waals surface area contributed by atoms with Crippen molar-refractivity contribution >= 4 is 15.8 Å². The lowest BCUT2D eigenvalue weighted by atomic mass is 9.86. The quantitative estimate of drug-likeness (QED) is 0.833. The van der Waals surface area contributed by atoms with Crippen LogP contribution in [0.1, 0.15) is 33.4 Å². The summed E-state index contributed by atoms with van der Waals surface area (Å²) in [7, 11) is -1.94. The van der Waals surface area contributed by atoms with Crippen molar-refractivity contribution in [1.29, 1.82) is 0 Å². The van der Waals surface area contributed by atoms with Gasteiger partial charge in [0.2, 0.25) is 10.0 Å². The Labute approximate surface area is 121 Å². The standard InChI is InChI=1S/C13H26N4O2S/c1-8(2)11(9(3)4)7-15-20(18,19)12-10(5)17(6)16-13(12)14/h8-9,11,15H,7H2,1-6H3,(H2,14,16). The number of nitrogens with two attached hydrogens (primary N) is 1. The third-order valence-electron chi connectivity index (χ3n) is 3.79. The maximum atomic E-state index is 12.4. The fourth-order valence-corrected chi connectivity index (χ4v) is 3.86. The molecule has 3 N–H and O–H groups in total. The first-order chi connectivity index (χ1) is 9.08. The molecule has 0 aliphatic rings. The number of aromatic nitrogens is 2. The molecule has 0 aromatic carbocycles. The van der Waals surface area contributed by atoms with Crippen LogP contribution >= 0.6 is 0 Å². The van der Waals surface area contributed by atoms with Crippen LogP contribution in [0, 0.1) is 24.7 Å². The fourth-order valence-electron chi connectivity index (χ4n) is 2.47. The number of aryl methyl sites for hydroxylation is 1. The van der Waals surface area contributed by atoms with Gasteiger partial charge < -0.3 is 5.73 Å². The molecule has 7 heteroatoms. The van der Waals surface area contributed by atoms with Crippen LogP contribution in [0.25, 0.3) is 0 Å². The molecule has 0 radical (unpaired) electrons. The second-order valence-corrected chi connectivity index (χ2v) is 7.63. The number of rotatable bonds is 6. The van der Waals surface area contributed by atoms with E-state index in [2.05, 4.69) is 37.5 Å². The first-order valence-electron chi connectivity index (χ1n) is 6.86. The minimum absolute atomic E-state index is 0.0446. The summed E-state index contributed by atoms with van der Waals surface area (Å²) in [6, 6.07) is 0. The highest BCUT2D eigenvalue weighted by Crippen LogP contribution is 2.23. The Morgan fingerprint density at radius 3 is 2.10 bits per heavy atom. The predicted molar refractivity (Wildman–Crippen MR) is 80.7 cm³/mol. The topological polar surface area (TPSA) is 90.0 Å². The Morgan fingerprint density at radius 1 is 1.25 bits per heavy atom. The Hall–Kier alpha value is -1.08. The second kappa shape index (κ2) is 6.13. The Morgan fingerprint density at radius 2 is 1.75 bits per heavy atom. The molecule has 1 heterocycles. The summed E-state index contributed by atoms with van der Waals surface area (Å²) in [6.45, 7) is 10.5. The SMILES string of the molecule is Cc1c(S(=O)(=O)NCC(C(C)C)C(C)C)c(N)nn1C. The first kappa shape index (κ1) is 17.0. The molecule has 0 unspecified atom stereocenters. The fraction of sp³-hybridized carbons (Fsp3) is 0.769. The van der Waals surface area contributed by atoms with Crippen molar-refractivity contribution in [3.05, 3.63) is 5.69 Å². The van der Waals surface area contributed by atoms with Gasteiger partial charge in [-0.3, -0.25) is 4.68 Å². The number of nitrogens with one attached hydrogen (secondary N) is 1. The van der Waals surface area contributed by atoms with E-state index in [-0.39, 0.29) is 16.6 Å². The van der Waals surface area contributed by atoms with Crippen LogP contribution in [-0.4, -0.2) is 24.7 Å². The van der Waals surface area contributed by atoms with E-state index in [9.17, 15) is 8.42 Å². The van der Waals surface area contributed by atoms with Crippen LogP contribution < -0.4 is 10.5 Å². The zero-order chi connectivity index (χ0) is 15.7. The number of hydrogen-bond donors (Lipinski definition) is 2. The molecular formula is C13H26N4O2S. The summed E-state index contributed by atoms with van der Waals surface area (Å²) in [5.74, 6) is 1.14. The monoisotopic (exact) mass is 302 g/mol. The third kappa shape index (κ3) is 3.52. The molecule has 0 bridgehead atoms.